The van der Waals surface area contributed by atoms with Crippen molar-refractivity contribution in [1.29, 1.82) is 0 Å². The molecule has 0 bridgehead atoms. The number of hydrogen-bond acceptors (Lipinski definition) is 3. The van der Waals surface area contributed by atoms with Crippen molar-refractivity contribution in [1.82, 2.24) is 10.2 Å². The van der Waals surface area contributed by atoms with Gasteiger partial charge in [-0.05, 0) is 24.3 Å². The Hall–Kier alpha value is -1.26. The molecule has 0 aliphatic carbocycles. The van der Waals surface area contributed by atoms with Gasteiger partial charge in [0.1, 0.15) is 0 Å². The Morgan fingerprint density at radius 1 is 1.29 bits per heavy atom. The second-order valence-corrected chi connectivity index (χ2v) is 4.43. The van der Waals surface area contributed by atoms with Gasteiger partial charge in [-0.25, -0.2) is 0 Å². The number of piperazine rings is 1. The summed E-state index contributed by atoms with van der Waals surface area (Å²) >= 11 is 5.79. The van der Waals surface area contributed by atoms with Crippen molar-refractivity contribution >= 4 is 23.2 Å². The van der Waals surface area contributed by atoms with Crippen molar-refractivity contribution in [3.05, 3.63) is 29.3 Å². The molecule has 5 heteroatoms. The van der Waals surface area contributed by atoms with E-state index in [9.17, 15) is 4.79 Å². The highest BCUT2D eigenvalue weighted by atomic mass is 35.5. The molecule has 17 heavy (non-hydrogen) atoms. The van der Waals surface area contributed by atoms with E-state index in [0.717, 1.165) is 31.9 Å². The summed E-state index contributed by atoms with van der Waals surface area (Å²) in [5.41, 5.74) is 0.915. The molecule has 0 atom stereocenters. The molecule has 1 aliphatic rings. The number of halogens is 1. The summed E-state index contributed by atoms with van der Waals surface area (Å²) in [6, 6.07) is 7.35. The van der Waals surface area contributed by atoms with Crippen molar-refractivity contribution in [2.45, 2.75) is 0 Å². The summed E-state index contributed by atoms with van der Waals surface area (Å²) in [5, 5.41) is 7.02. The van der Waals surface area contributed by atoms with E-state index < -0.39 is 0 Å². The number of carbonyl (C=O) groups is 1. The van der Waals surface area contributed by atoms with Crippen LogP contribution in [0.25, 0.3) is 0 Å². The molecule has 1 aromatic rings. The average Bonchev–Trinajstić information content (AvgIpc) is 2.39. The molecular formula is C12H16ClN3O. The molecule has 0 spiro atoms. The quantitative estimate of drug-likeness (QED) is 0.851. The molecular weight excluding hydrogens is 238 g/mol. The Bertz CT molecular complexity index is 374. The number of anilines is 1. The number of amides is 1. The highest BCUT2D eigenvalue weighted by molar-refractivity contribution is 6.30. The Balaban J connectivity index is 1.81. The topological polar surface area (TPSA) is 44.4 Å². The maximum atomic E-state index is 11.8. The number of benzene rings is 1. The maximum absolute atomic E-state index is 11.8. The fourth-order valence-electron chi connectivity index (χ4n) is 1.77. The summed E-state index contributed by atoms with van der Waals surface area (Å²) in [4.78, 5) is 13.7. The zero-order valence-electron chi connectivity index (χ0n) is 9.58. The van der Waals surface area contributed by atoms with Gasteiger partial charge in [0.05, 0.1) is 6.54 Å². The van der Waals surface area contributed by atoms with Gasteiger partial charge < -0.3 is 15.5 Å². The largest absolute Gasteiger partial charge is 0.376 e. The van der Waals surface area contributed by atoms with E-state index in [4.69, 9.17) is 11.6 Å². The lowest BCUT2D eigenvalue weighted by atomic mass is 10.3. The summed E-state index contributed by atoms with van der Waals surface area (Å²) in [6.45, 7) is 3.68. The molecule has 1 saturated heterocycles. The molecule has 2 rings (SSSR count). The summed E-state index contributed by atoms with van der Waals surface area (Å²) in [5.74, 6) is 0.140. The lowest BCUT2D eigenvalue weighted by molar-refractivity contribution is -0.129. The molecule has 0 radical (unpaired) electrons. The summed E-state index contributed by atoms with van der Waals surface area (Å²) in [6.07, 6.45) is 0. The van der Waals surface area contributed by atoms with E-state index in [-0.39, 0.29) is 5.91 Å². The zero-order valence-corrected chi connectivity index (χ0v) is 10.3. The van der Waals surface area contributed by atoms with Crippen LogP contribution >= 0.6 is 11.6 Å². The second kappa shape index (κ2) is 5.89. The van der Waals surface area contributed by atoms with Gasteiger partial charge >= 0.3 is 0 Å². The minimum Gasteiger partial charge on any atom is -0.376 e. The van der Waals surface area contributed by atoms with Gasteiger partial charge in [-0.15, -0.1) is 0 Å². The number of rotatable bonds is 3. The average molecular weight is 254 g/mol. The molecule has 1 aliphatic heterocycles. The van der Waals surface area contributed by atoms with Crippen molar-refractivity contribution < 1.29 is 4.79 Å². The van der Waals surface area contributed by atoms with Gasteiger partial charge in [0, 0.05) is 36.9 Å². The van der Waals surface area contributed by atoms with Crippen molar-refractivity contribution in [2.75, 3.05) is 38.0 Å². The number of carbonyl (C=O) groups excluding carboxylic acids is 1. The molecule has 0 unspecified atom stereocenters. The predicted molar refractivity (Wildman–Crippen MR) is 69.4 cm³/mol. The highest BCUT2D eigenvalue weighted by Gasteiger charge is 2.15. The summed E-state index contributed by atoms with van der Waals surface area (Å²) < 4.78 is 0. The normalized spacial score (nSPS) is 15.7. The third kappa shape index (κ3) is 3.61. The van der Waals surface area contributed by atoms with Crippen LogP contribution < -0.4 is 10.6 Å². The lowest BCUT2D eigenvalue weighted by Crippen LogP contribution is -2.48. The van der Waals surface area contributed by atoms with Crippen molar-refractivity contribution in [3.8, 4) is 0 Å². The van der Waals surface area contributed by atoms with Gasteiger partial charge in [-0.2, -0.15) is 0 Å². The van der Waals surface area contributed by atoms with Crippen molar-refractivity contribution in [3.63, 3.8) is 0 Å². The zero-order chi connectivity index (χ0) is 12.1. The first-order chi connectivity index (χ1) is 8.25. The van der Waals surface area contributed by atoms with Crippen LogP contribution in [0.15, 0.2) is 24.3 Å². The lowest BCUT2D eigenvalue weighted by Gasteiger charge is -2.27. The van der Waals surface area contributed by atoms with Gasteiger partial charge in [0.2, 0.25) is 5.91 Å². The van der Waals surface area contributed by atoms with Crippen LogP contribution in [0.1, 0.15) is 0 Å². The van der Waals surface area contributed by atoms with Gasteiger partial charge in [-0.1, -0.05) is 11.6 Å². The molecule has 1 fully saturated rings. The smallest absolute Gasteiger partial charge is 0.241 e. The second-order valence-electron chi connectivity index (χ2n) is 3.99. The first-order valence-corrected chi connectivity index (χ1v) is 6.11. The Morgan fingerprint density at radius 2 is 1.94 bits per heavy atom. The maximum Gasteiger partial charge on any atom is 0.241 e. The van der Waals surface area contributed by atoms with Gasteiger partial charge in [0.15, 0.2) is 0 Å². The Morgan fingerprint density at radius 3 is 2.59 bits per heavy atom. The number of hydrogen-bond donors (Lipinski definition) is 2. The monoisotopic (exact) mass is 253 g/mol. The SMILES string of the molecule is O=C(CNc1ccc(Cl)cc1)N1CCNCC1. The third-order valence-electron chi connectivity index (χ3n) is 2.76. The highest BCUT2D eigenvalue weighted by Crippen LogP contribution is 2.13. The number of nitrogens with zero attached hydrogens (tertiary/aromatic N) is 1. The van der Waals surface area contributed by atoms with Crippen LogP contribution in [0.2, 0.25) is 5.02 Å². The van der Waals surface area contributed by atoms with E-state index in [2.05, 4.69) is 10.6 Å². The fraction of sp³-hybridized carbons (Fsp3) is 0.417. The van der Waals surface area contributed by atoms with E-state index in [1.807, 2.05) is 17.0 Å². The van der Waals surface area contributed by atoms with Crippen LogP contribution in [-0.2, 0) is 4.79 Å². The van der Waals surface area contributed by atoms with E-state index in [1.54, 1.807) is 12.1 Å². The van der Waals surface area contributed by atoms with Crippen LogP contribution in [0, 0.1) is 0 Å². The van der Waals surface area contributed by atoms with Crippen LogP contribution in [0.3, 0.4) is 0 Å². The molecule has 92 valence electrons. The molecule has 1 amide bonds. The van der Waals surface area contributed by atoms with Crippen LogP contribution in [0.4, 0.5) is 5.69 Å². The van der Waals surface area contributed by atoms with E-state index in [1.165, 1.54) is 0 Å². The van der Waals surface area contributed by atoms with E-state index >= 15 is 0 Å². The fourth-order valence-corrected chi connectivity index (χ4v) is 1.90. The number of nitrogens with one attached hydrogen (secondary N) is 2. The first kappa shape index (κ1) is 12.2. The van der Waals surface area contributed by atoms with Crippen LogP contribution in [-0.4, -0.2) is 43.5 Å². The van der Waals surface area contributed by atoms with Crippen molar-refractivity contribution in [2.24, 2.45) is 0 Å². The van der Waals surface area contributed by atoms with Crippen LogP contribution in [0.5, 0.6) is 0 Å². The van der Waals surface area contributed by atoms with E-state index in [0.29, 0.717) is 11.6 Å². The predicted octanol–water partition coefficient (Wildman–Crippen LogP) is 1.18. The molecule has 1 heterocycles. The Kier molecular flexibility index (Phi) is 4.23. The molecule has 1 aromatic carbocycles. The molecule has 2 N–H and O–H groups in total. The van der Waals surface area contributed by atoms with Gasteiger partial charge in [0.25, 0.3) is 0 Å². The minimum absolute atomic E-state index is 0.140. The third-order valence-corrected chi connectivity index (χ3v) is 3.01. The first-order valence-electron chi connectivity index (χ1n) is 5.73. The molecule has 4 nitrogen and oxygen atoms in total. The Labute approximate surface area is 106 Å². The molecule has 0 saturated carbocycles. The standard InChI is InChI=1S/C12H16ClN3O/c13-10-1-3-11(4-2-10)15-9-12(17)16-7-5-14-6-8-16/h1-4,14-15H,5-9H2. The van der Waals surface area contributed by atoms with Gasteiger partial charge in [-0.3, -0.25) is 4.79 Å². The summed E-state index contributed by atoms with van der Waals surface area (Å²) in [7, 11) is 0. The molecule has 0 aromatic heterocycles. The minimum atomic E-state index is 0.140.